The Balaban J connectivity index is 2.34. The van der Waals surface area contributed by atoms with Gasteiger partial charge >= 0.3 is 0 Å². The highest BCUT2D eigenvalue weighted by molar-refractivity contribution is 7.17. The van der Waals surface area contributed by atoms with Crippen LogP contribution in [0.15, 0.2) is 6.20 Å². The van der Waals surface area contributed by atoms with Crippen molar-refractivity contribution in [1.82, 2.24) is 14.7 Å². The standard InChI is InChI=1S/C11H17N3S/c1-7(2)12-5-10-9(4)13-11-14(10)6-8(3)15-11/h6-7,12H,5H2,1-4H3. The molecule has 0 unspecified atom stereocenters. The minimum Gasteiger partial charge on any atom is -0.309 e. The van der Waals surface area contributed by atoms with Crippen molar-refractivity contribution in [3.63, 3.8) is 0 Å². The van der Waals surface area contributed by atoms with Crippen LogP contribution in [0.1, 0.15) is 30.1 Å². The largest absolute Gasteiger partial charge is 0.309 e. The molecule has 0 aliphatic heterocycles. The van der Waals surface area contributed by atoms with Gasteiger partial charge in [-0.1, -0.05) is 13.8 Å². The van der Waals surface area contributed by atoms with Gasteiger partial charge in [-0.25, -0.2) is 4.98 Å². The third kappa shape index (κ3) is 2.06. The van der Waals surface area contributed by atoms with E-state index in [9.17, 15) is 0 Å². The highest BCUT2D eigenvalue weighted by Gasteiger charge is 2.10. The molecular formula is C11H17N3S. The number of nitrogens with zero attached hydrogens (tertiary/aromatic N) is 2. The lowest BCUT2D eigenvalue weighted by Gasteiger charge is -2.07. The molecule has 2 aromatic rings. The molecule has 15 heavy (non-hydrogen) atoms. The lowest BCUT2D eigenvalue weighted by molar-refractivity contribution is 0.578. The van der Waals surface area contributed by atoms with E-state index in [4.69, 9.17) is 0 Å². The van der Waals surface area contributed by atoms with Crippen molar-refractivity contribution in [1.29, 1.82) is 0 Å². The van der Waals surface area contributed by atoms with Gasteiger partial charge in [-0.05, 0) is 13.8 Å². The average molecular weight is 223 g/mol. The molecule has 0 spiro atoms. The molecule has 0 bridgehead atoms. The van der Waals surface area contributed by atoms with E-state index >= 15 is 0 Å². The van der Waals surface area contributed by atoms with Crippen molar-refractivity contribution < 1.29 is 0 Å². The zero-order valence-electron chi connectivity index (χ0n) is 9.66. The Morgan fingerprint density at radius 1 is 1.47 bits per heavy atom. The molecule has 2 heterocycles. The monoisotopic (exact) mass is 223 g/mol. The summed E-state index contributed by atoms with van der Waals surface area (Å²) < 4.78 is 2.20. The average Bonchev–Trinajstić information content (AvgIpc) is 2.57. The van der Waals surface area contributed by atoms with Crippen LogP contribution in [0.5, 0.6) is 0 Å². The smallest absolute Gasteiger partial charge is 0.194 e. The summed E-state index contributed by atoms with van der Waals surface area (Å²) in [7, 11) is 0. The topological polar surface area (TPSA) is 29.3 Å². The molecule has 0 aliphatic rings. The van der Waals surface area contributed by atoms with Crippen molar-refractivity contribution in [3.8, 4) is 0 Å². The van der Waals surface area contributed by atoms with E-state index < -0.39 is 0 Å². The van der Waals surface area contributed by atoms with Crippen LogP contribution in [0, 0.1) is 13.8 Å². The Hall–Kier alpha value is -0.870. The third-order valence-electron chi connectivity index (χ3n) is 2.42. The molecule has 2 rings (SSSR count). The molecule has 0 radical (unpaired) electrons. The van der Waals surface area contributed by atoms with E-state index in [1.54, 1.807) is 11.3 Å². The zero-order chi connectivity index (χ0) is 11.0. The summed E-state index contributed by atoms with van der Waals surface area (Å²) in [6.07, 6.45) is 2.16. The first-order valence-corrected chi connectivity index (χ1v) is 6.07. The number of aryl methyl sites for hydroxylation is 2. The Labute approximate surface area is 94.1 Å². The van der Waals surface area contributed by atoms with Gasteiger partial charge in [-0.15, -0.1) is 11.3 Å². The van der Waals surface area contributed by atoms with E-state index in [0.717, 1.165) is 17.2 Å². The van der Waals surface area contributed by atoms with Gasteiger partial charge in [-0.2, -0.15) is 0 Å². The molecule has 0 saturated carbocycles. The fourth-order valence-electron chi connectivity index (χ4n) is 1.62. The molecule has 0 saturated heterocycles. The van der Waals surface area contributed by atoms with Gasteiger partial charge in [0.15, 0.2) is 4.96 Å². The van der Waals surface area contributed by atoms with Gasteiger partial charge in [-0.3, -0.25) is 4.40 Å². The molecular weight excluding hydrogens is 206 g/mol. The van der Waals surface area contributed by atoms with Crippen LogP contribution in [-0.2, 0) is 6.54 Å². The summed E-state index contributed by atoms with van der Waals surface area (Å²) >= 11 is 1.75. The molecule has 0 atom stereocenters. The first-order chi connectivity index (χ1) is 7.08. The number of nitrogens with one attached hydrogen (secondary N) is 1. The van der Waals surface area contributed by atoms with Crippen LogP contribution in [0.25, 0.3) is 4.96 Å². The van der Waals surface area contributed by atoms with Gasteiger partial charge in [0.1, 0.15) is 0 Å². The van der Waals surface area contributed by atoms with Gasteiger partial charge in [0.2, 0.25) is 0 Å². The predicted molar refractivity (Wildman–Crippen MR) is 64.5 cm³/mol. The van der Waals surface area contributed by atoms with E-state index in [2.05, 4.69) is 48.6 Å². The molecule has 2 aromatic heterocycles. The molecule has 0 amide bonds. The number of aromatic nitrogens is 2. The van der Waals surface area contributed by atoms with Crippen molar-refractivity contribution >= 4 is 16.3 Å². The first kappa shape index (κ1) is 10.6. The second kappa shape index (κ2) is 3.94. The van der Waals surface area contributed by atoms with Gasteiger partial charge in [0, 0.05) is 23.7 Å². The summed E-state index contributed by atoms with van der Waals surface area (Å²) in [6.45, 7) is 9.40. The van der Waals surface area contributed by atoms with Crippen molar-refractivity contribution in [2.24, 2.45) is 0 Å². The highest BCUT2D eigenvalue weighted by Crippen LogP contribution is 2.20. The van der Waals surface area contributed by atoms with Crippen LogP contribution in [0.4, 0.5) is 0 Å². The number of imidazole rings is 1. The van der Waals surface area contributed by atoms with Crippen LogP contribution < -0.4 is 5.32 Å². The van der Waals surface area contributed by atoms with Crippen LogP contribution in [0.2, 0.25) is 0 Å². The predicted octanol–water partition coefficient (Wildman–Crippen LogP) is 2.51. The third-order valence-corrected chi connectivity index (χ3v) is 3.32. The van der Waals surface area contributed by atoms with Crippen LogP contribution in [0.3, 0.4) is 0 Å². The van der Waals surface area contributed by atoms with E-state index in [-0.39, 0.29) is 0 Å². The first-order valence-electron chi connectivity index (χ1n) is 5.25. The maximum absolute atomic E-state index is 4.55. The number of hydrogen-bond acceptors (Lipinski definition) is 3. The second-order valence-electron chi connectivity index (χ2n) is 4.17. The lowest BCUT2D eigenvalue weighted by atomic mass is 10.3. The van der Waals surface area contributed by atoms with Gasteiger partial charge in [0.05, 0.1) is 11.4 Å². The van der Waals surface area contributed by atoms with Crippen molar-refractivity contribution in [2.45, 2.75) is 40.3 Å². The fourth-order valence-corrected chi connectivity index (χ4v) is 2.51. The second-order valence-corrected chi connectivity index (χ2v) is 5.39. The quantitative estimate of drug-likeness (QED) is 0.866. The Morgan fingerprint density at radius 2 is 2.20 bits per heavy atom. The summed E-state index contributed by atoms with van der Waals surface area (Å²) in [4.78, 5) is 6.96. The SMILES string of the molecule is Cc1cn2c(CNC(C)C)c(C)nc2s1. The van der Waals surface area contributed by atoms with Crippen molar-refractivity contribution in [3.05, 3.63) is 22.5 Å². The minimum absolute atomic E-state index is 0.509. The number of rotatable bonds is 3. The molecule has 1 N–H and O–H groups in total. The molecule has 0 aromatic carbocycles. The lowest BCUT2D eigenvalue weighted by Crippen LogP contribution is -2.23. The maximum atomic E-state index is 4.55. The van der Waals surface area contributed by atoms with Crippen LogP contribution >= 0.6 is 11.3 Å². The maximum Gasteiger partial charge on any atom is 0.194 e. The van der Waals surface area contributed by atoms with Crippen LogP contribution in [-0.4, -0.2) is 15.4 Å². The molecule has 0 aliphatic carbocycles. The number of thiazole rings is 1. The summed E-state index contributed by atoms with van der Waals surface area (Å²) in [5.74, 6) is 0. The summed E-state index contributed by atoms with van der Waals surface area (Å²) in [5, 5.41) is 3.43. The van der Waals surface area contributed by atoms with Crippen molar-refractivity contribution in [2.75, 3.05) is 0 Å². The van der Waals surface area contributed by atoms with E-state index in [1.165, 1.54) is 10.6 Å². The number of hydrogen-bond donors (Lipinski definition) is 1. The normalized spacial score (nSPS) is 11.8. The van der Waals surface area contributed by atoms with Gasteiger partial charge in [0.25, 0.3) is 0 Å². The molecule has 3 nitrogen and oxygen atoms in total. The molecule has 4 heteroatoms. The van der Waals surface area contributed by atoms with E-state index in [1.807, 2.05) is 0 Å². The summed E-state index contributed by atoms with van der Waals surface area (Å²) in [6, 6.07) is 0.509. The Bertz CT molecular complexity index is 467. The Kier molecular flexibility index (Phi) is 2.80. The molecule has 82 valence electrons. The fraction of sp³-hybridized carbons (Fsp3) is 0.545. The molecule has 0 fully saturated rings. The summed E-state index contributed by atoms with van der Waals surface area (Å²) in [5.41, 5.74) is 2.41. The minimum atomic E-state index is 0.509. The zero-order valence-corrected chi connectivity index (χ0v) is 10.5. The Morgan fingerprint density at radius 3 is 2.87 bits per heavy atom. The number of fused-ring (bicyclic) bond motifs is 1. The van der Waals surface area contributed by atoms with Gasteiger partial charge < -0.3 is 5.32 Å². The van der Waals surface area contributed by atoms with E-state index in [0.29, 0.717) is 6.04 Å². The highest BCUT2D eigenvalue weighted by atomic mass is 32.1.